The number of fused-ring (bicyclic) bond motifs is 1. The highest BCUT2D eigenvalue weighted by molar-refractivity contribution is 7.15. The molecule has 4 aromatic rings. The van der Waals surface area contributed by atoms with Crippen LogP contribution in [0.25, 0.3) is 16.3 Å². The van der Waals surface area contributed by atoms with E-state index in [1.807, 2.05) is 5.38 Å². The molecular formula is C20H15Cl2FN4O2S. The molecule has 2 heterocycles. The number of benzene rings is 2. The molecule has 4 rings (SSSR count). The maximum atomic E-state index is 14.0. The molecular weight excluding hydrogens is 450 g/mol. The average Bonchev–Trinajstić information content (AvgIpc) is 3.29. The lowest BCUT2D eigenvalue weighted by molar-refractivity contribution is -0.123. The van der Waals surface area contributed by atoms with Gasteiger partial charge in [0.25, 0.3) is 5.91 Å². The third-order valence-corrected chi connectivity index (χ3v) is 5.62. The summed E-state index contributed by atoms with van der Waals surface area (Å²) in [6.07, 6.45) is 0.535. The van der Waals surface area contributed by atoms with Crippen LogP contribution in [0.15, 0.2) is 47.8 Å². The Morgan fingerprint density at radius 3 is 2.87 bits per heavy atom. The second-order valence-electron chi connectivity index (χ2n) is 6.30. The Hall–Kier alpha value is -2.68. The van der Waals surface area contributed by atoms with Gasteiger partial charge in [0.2, 0.25) is 4.96 Å². The van der Waals surface area contributed by atoms with Crippen molar-refractivity contribution in [2.75, 3.05) is 13.2 Å². The van der Waals surface area contributed by atoms with Crippen LogP contribution in [0.2, 0.25) is 10.0 Å². The summed E-state index contributed by atoms with van der Waals surface area (Å²) in [6, 6.07) is 11.2. The third kappa shape index (κ3) is 4.56. The summed E-state index contributed by atoms with van der Waals surface area (Å²) in [6.45, 7) is 0.221. The van der Waals surface area contributed by atoms with Crippen molar-refractivity contribution in [2.24, 2.45) is 0 Å². The minimum atomic E-state index is -0.370. The monoisotopic (exact) mass is 464 g/mol. The van der Waals surface area contributed by atoms with Gasteiger partial charge in [-0.3, -0.25) is 4.79 Å². The van der Waals surface area contributed by atoms with Crippen LogP contribution >= 0.6 is 34.5 Å². The molecule has 0 aliphatic rings. The van der Waals surface area contributed by atoms with E-state index in [0.29, 0.717) is 45.1 Å². The van der Waals surface area contributed by atoms with Crippen LogP contribution in [0, 0.1) is 5.82 Å². The van der Waals surface area contributed by atoms with Crippen LogP contribution in [0.5, 0.6) is 5.75 Å². The molecule has 0 aliphatic carbocycles. The van der Waals surface area contributed by atoms with Crippen molar-refractivity contribution in [3.63, 3.8) is 0 Å². The maximum Gasteiger partial charge on any atom is 0.257 e. The highest BCUT2D eigenvalue weighted by Crippen LogP contribution is 2.27. The van der Waals surface area contributed by atoms with Crippen molar-refractivity contribution in [2.45, 2.75) is 6.42 Å². The number of nitrogens with one attached hydrogen (secondary N) is 1. The minimum Gasteiger partial charge on any atom is -0.482 e. The molecule has 6 nitrogen and oxygen atoms in total. The van der Waals surface area contributed by atoms with Crippen LogP contribution in [0.3, 0.4) is 0 Å². The molecule has 2 aromatic carbocycles. The summed E-state index contributed by atoms with van der Waals surface area (Å²) in [5, 5.41) is 9.94. The Morgan fingerprint density at radius 1 is 1.23 bits per heavy atom. The Morgan fingerprint density at radius 2 is 2.07 bits per heavy atom. The van der Waals surface area contributed by atoms with Gasteiger partial charge in [-0.1, -0.05) is 35.3 Å². The van der Waals surface area contributed by atoms with Crippen molar-refractivity contribution in [3.8, 4) is 17.1 Å². The lowest BCUT2D eigenvalue weighted by Crippen LogP contribution is -2.30. The van der Waals surface area contributed by atoms with E-state index in [2.05, 4.69) is 15.4 Å². The molecule has 1 N–H and O–H groups in total. The molecule has 2 aromatic heterocycles. The van der Waals surface area contributed by atoms with Crippen molar-refractivity contribution < 1.29 is 13.9 Å². The van der Waals surface area contributed by atoms with E-state index in [-0.39, 0.29) is 18.3 Å². The van der Waals surface area contributed by atoms with E-state index in [4.69, 9.17) is 27.9 Å². The number of thiazole rings is 1. The fourth-order valence-electron chi connectivity index (χ4n) is 2.77. The first-order chi connectivity index (χ1) is 14.5. The quantitative estimate of drug-likeness (QED) is 0.432. The normalized spacial score (nSPS) is 11.0. The second kappa shape index (κ2) is 8.99. The van der Waals surface area contributed by atoms with Gasteiger partial charge >= 0.3 is 0 Å². The summed E-state index contributed by atoms with van der Waals surface area (Å²) < 4.78 is 21.1. The van der Waals surface area contributed by atoms with Crippen molar-refractivity contribution in [1.82, 2.24) is 19.9 Å². The zero-order valence-corrected chi connectivity index (χ0v) is 17.8. The largest absolute Gasteiger partial charge is 0.482 e. The van der Waals surface area contributed by atoms with Crippen LogP contribution in [0.1, 0.15) is 5.69 Å². The molecule has 0 atom stereocenters. The van der Waals surface area contributed by atoms with Gasteiger partial charge in [0.15, 0.2) is 12.4 Å². The van der Waals surface area contributed by atoms with Gasteiger partial charge in [0.1, 0.15) is 11.6 Å². The first-order valence-corrected chi connectivity index (χ1v) is 10.6. The standard InChI is InChI=1S/C20H15Cl2FN4O2S/c21-12-5-6-17(15(22)9-12)29-10-18(28)24-8-7-13-11-30-20-25-19(26-27(13)20)14-3-1-2-4-16(14)23/h1-6,9,11H,7-8,10H2,(H,24,28). The topological polar surface area (TPSA) is 68.5 Å². The van der Waals surface area contributed by atoms with Crippen molar-refractivity contribution in [1.29, 1.82) is 0 Å². The molecule has 0 saturated heterocycles. The van der Waals surface area contributed by atoms with Gasteiger partial charge in [0, 0.05) is 23.4 Å². The van der Waals surface area contributed by atoms with E-state index in [1.165, 1.54) is 17.4 Å². The van der Waals surface area contributed by atoms with Gasteiger partial charge < -0.3 is 10.1 Å². The molecule has 0 fully saturated rings. The molecule has 0 saturated carbocycles. The summed E-state index contributed by atoms with van der Waals surface area (Å²) in [7, 11) is 0. The minimum absolute atomic E-state index is 0.166. The Bertz CT molecular complexity index is 1210. The average molecular weight is 465 g/mol. The lowest BCUT2D eigenvalue weighted by atomic mass is 10.2. The third-order valence-electron chi connectivity index (χ3n) is 4.22. The van der Waals surface area contributed by atoms with Gasteiger partial charge in [-0.05, 0) is 30.3 Å². The summed E-state index contributed by atoms with van der Waals surface area (Å²) in [5.74, 6) is 0.0704. The fraction of sp³-hybridized carbons (Fsp3) is 0.150. The first kappa shape index (κ1) is 20.6. The number of hydrogen-bond donors (Lipinski definition) is 1. The highest BCUT2D eigenvalue weighted by Gasteiger charge is 2.14. The number of nitrogens with zero attached hydrogens (tertiary/aromatic N) is 3. The van der Waals surface area contributed by atoms with E-state index in [0.717, 1.165) is 5.69 Å². The van der Waals surface area contributed by atoms with E-state index >= 15 is 0 Å². The number of halogens is 3. The van der Waals surface area contributed by atoms with Crippen LogP contribution in [0.4, 0.5) is 4.39 Å². The van der Waals surface area contributed by atoms with Gasteiger partial charge in [-0.25, -0.2) is 8.91 Å². The number of ether oxygens (including phenoxy) is 1. The summed E-state index contributed by atoms with van der Waals surface area (Å²) >= 11 is 13.3. The molecule has 154 valence electrons. The zero-order valence-electron chi connectivity index (χ0n) is 15.4. The predicted molar refractivity (Wildman–Crippen MR) is 115 cm³/mol. The van der Waals surface area contributed by atoms with Crippen LogP contribution in [-0.4, -0.2) is 33.7 Å². The number of carbonyl (C=O) groups is 1. The van der Waals surface area contributed by atoms with Crippen LogP contribution < -0.4 is 10.1 Å². The van der Waals surface area contributed by atoms with Gasteiger partial charge in [-0.15, -0.1) is 16.4 Å². The van der Waals surface area contributed by atoms with E-state index in [1.54, 1.807) is 40.9 Å². The van der Waals surface area contributed by atoms with Crippen molar-refractivity contribution >= 4 is 45.4 Å². The zero-order chi connectivity index (χ0) is 21.1. The molecule has 0 aliphatic heterocycles. The highest BCUT2D eigenvalue weighted by atomic mass is 35.5. The second-order valence-corrected chi connectivity index (χ2v) is 7.98. The fourth-order valence-corrected chi connectivity index (χ4v) is 4.09. The number of aromatic nitrogens is 3. The van der Waals surface area contributed by atoms with Crippen molar-refractivity contribution in [3.05, 3.63) is 69.4 Å². The molecule has 10 heteroatoms. The summed E-state index contributed by atoms with van der Waals surface area (Å²) in [5.41, 5.74) is 1.22. The maximum absolute atomic E-state index is 14.0. The Balaban J connectivity index is 1.34. The van der Waals surface area contributed by atoms with Gasteiger partial charge in [-0.2, -0.15) is 4.98 Å². The smallest absolute Gasteiger partial charge is 0.257 e. The summed E-state index contributed by atoms with van der Waals surface area (Å²) in [4.78, 5) is 17.1. The van der Waals surface area contributed by atoms with Crippen LogP contribution in [-0.2, 0) is 11.2 Å². The Kier molecular flexibility index (Phi) is 6.17. The number of hydrogen-bond acceptors (Lipinski definition) is 5. The molecule has 0 unspecified atom stereocenters. The number of carbonyl (C=O) groups excluding carboxylic acids is 1. The lowest BCUT2D eigenvalue weighted by Gasteiger charge is -2.08. The number of rotatable bonds is 7. The van der Waals surface area contributed by atoms with E-state index < -0.39 is 0 Å². The molecule has 1 amide bonds. The first-order valence-electron chi connectivity index (χ1n) is 8.94. The molecule has 30 heavy (non-hydrogen) atoms. The molecule has 0 spiro atoms. The predicted octanol–water partition coefficient (Wildman–Crippen LogP) is 4.64. The molecule has 0 bridgehead atoms. The van der Waals surface area contributed by atoms with Gasteiger partial charge in [0.05, 0.1) is 16.3 Å². The Labute approximate surface area is 185 Å². The SMILES string of the molecule is O=C(COc1ccc(Cl)cc1Cl)NCCc1csc2nc(-c3ccccc3F)nn12. The number of amides is 1. The molecule has 0 radical (unpaired) electrons. The van der Waals surface area contributed by atoms with E-state index in [9.17, 15) is 9.18 Å².